The largest absolute Gasteiger partial charge is 0.487 e. The number of hydrogen-bond donors (Lipinski definition) is 1. The van der Waals surface area contributed by atoms with Crippen molar-refractivity contribution in [2.75, 3.05) is 0 Å². The maximum atomic E-state index is 10.1. The van der Waals surface area contributed by atoms with E-state index in [1.165, 1.54) is 0 Å². The highest BCUT2D eigenvalue weighted by Crippen LogP contribution is 2.55. The zero-order valence-electron chi connectivity index (χ0n) is 10.3. The van der Waals surface area contributed by atoms with Gasteiger partial charge in [-0.3, -0.25) is 0 Å². The molecule has 0 amide bonds. The third-order valence-electron chi connectivity index (χ3n) is 4.50. The van der Waals surface area contributed by atoms with Crippen LogP contribution in [0, 0.1) is 5.41 Å². The number of aliphatic hydroxyl groups is 1. The second kappa shape index (κ2) is 5.00. The lowest BCUT2D eigenvalue weighted by Crippen LogP contribution is -2.58. The van der Waals surface area contributed by atoms with Crippen LogP contribution in [0.1, 0.15) is 32.1 Å². The summed E-state index contributed by atoms with van der Waals surface area (Å²) in [6, 6.07) is 3.25. The lowest BCUT2D eigenvalue weighted by Gasteiger charge is -2.51. The van der Waals surface area contributed by atoms with E-state index in [1.54, 1.807) is 12.1 Å². The first kappa shape index (κ1) is 13.8. The fourth-order valence-electron chi connectivity index (χ4n) is 3.36. The molecule has 2 unspecified atom stereocenters. The Balaban J connectivity index is 1.83. The third-order valence-corrected chi connectivity index (χ3v) is 5.28. The normalized spacial score (nSPS) is 28.4. The Bertz CT molecular complexity index is 474. The summed E-state index contributed by atoms with van der Waals surface area (Å²) < 4.78 is 5.99. The van der Waals surface area contributed by atoms with E-state index in [4.69, 9.17) is 39.5 Å². The van der Waals surface area contributed by atoms with Crippen molar-refractivity contribution in [3.8, 4) is 5.75 Å². The third kappa shape index (κ3) is 2.23. The molecule has 2 aliphatic rings. The fraction of sp³-hybridized carbons (Fsp3) is 0.571. The van der Waals surface area contributed by atoms with Gasteiger partial charge in [-0.25, -0.2) is 0 Å². The molecule has 3 rings (SSSR count). The first-order valence-corrected chi connectivity index (χ1v) is 7.65. The Labute approximate surface area is 127 Å². The van der Waals surface area contributed by atoms with Gasteiger partial charge < -0.3 is 9.84 Å². The molecule has 0 aromatic heterocycles. The van der Waals surface area contributed by atoms with Crippen molar-refractivity contribution in [1.29, 1.82) is 0 Å². The number of hydrogen-bond acceptors (Lipinski definition) is 2. The molecule has 0 aliphatic heterocycles. The molecular formula is C14H15Cl3O2. The maximum absolute atomic E-state index is 10.1. The number of ether oxygens (including phenoxy) is 1. The van der Waals surface area contributed by atoms with Crippen LogP contribution >= 0.6 is 34.8 Å². The molecule has 2 atom stereocenters. The molecule has 0 bridgehead atoms. The van der Waals surface area contributed by atoms with Gasteiger partial charge >= 0.3 is 0 Å². The minimum atomic E-state index is -0.259. The van der Waals surface area contributed by atoms with E-state index < -0.39 is 0 Å². The highest BCUT2D eigenvalue weighted by atomic mass is 35.5. The van der Waals surface area contributed by atoms with E-state index in [2.05, 4.69) is 0 Å². The van der Waals surface area contributed by atoms with E-state index in [-0.39, 0.29) is 17.6 Å². The molecule has 2 nitrogen and oxygen atoms in total. The molecule has 1 aromatic rings. The Morgan fingerprint density at radius 3 is 2.21 bits per heavy atom. The van der Waals surface area contributed by atoms with Crippen LogP contribution in [0.4, 0.5) is 0 Å². The standard InChI is InChI=1S/C14H15Cl3O2/c15-8-5-9(16)13(10(17)6-8)19-12-7-11(18)14(12)3-1-2-4-14/h5-6,11-12,18H,1-4,7H2. The molecule has 5 heteroatoms. The van der Waals surface area contributed by atoms with Crippen molar-refractivity contribution in [1.82, 2.24) is 0 Å². The first-order valence-electron chi connectivity index (χ1n) is 6.52. The second-order valence-electron chi connectivity index (χ2n) is 5.50. The van der Waals surface area contributed by atoms with Crippen molar-refractivity contribution in [3.63, 3.8) is 0 Å². The maximum Gasteiger partial charge on any atom is 0.157 e. The molecule has 19 heavy (non-hydrogen) atoms. The van der Waals surface area contributed by atoms with E-state index >= 15 is 0 Å². The molecule has 2 aliphatic carbocycles. The molecule has 0 radical (unpaired) electrons. The molecule has 1 spiro atoms. The number of benzene rings is 1. The summed E-state index contributed by atoms with van der Waals surface area (Å²) in [6.07, 6.45) is 4.72. The van der Waals surface area contributed by atoms with Gasteiger partial charge in [0, 0.05) is 16.9 Å². The van der Waals surface area contributed by atoms with Gasteiger partial charge in [0.1, 0.15) is 6.10 Å². The summed E-state index contributed by atoms with van der Waals surface area (Å²) in [6.45, 7) is 0. The average Bonchev–Trinajstić information content (AvgIpc) is 2.84. The lowest BCUT2D eigenvalue weighted by atomic mass is 9.62. The number of halogens is 3. The minimum absolute atomic E-state index is 0.00109. The summed E-state index contributed by atoms with van der Waals surface area (Å²) in [7, 11) is 0. The van der Waals surface area contributed by atoms with Crippen LogP contribution in [0.25, 0.3) is 0 Å². The molecule has 1 N–H and O–H groups in total. The molecule has 1 aromatic carbocycles. The summed E-state index contributed by atoms with van der Waals surface area (Å²) in [4.78, 5) is 0. The monoisotopic (exact) mass is 320 g/mol. The highest BCUT2D eigenvalue weighted by molar-refractivity contribution is 6.40. The van der Waals surface area contributed by atoms with Gasteiger partial charge in [-0.1, -0.05) is 47.6 Å². The Kier molecular flexibility index (Phi) is 3.63. The summed E-state index contributed by atoms with van der Waals surface area (Å²) in [5.74, 6) is 0.482. The molecule has 0 saturated heterocycles. The van der Waals surface area contributed by atoms with Gasteiger partial charge in [0.05, 0.1) is 16.1 Å². The summed E-state index contributed by atoms with van der Waals surface area (Å²) in [5.41, 5.74) is -0.0910. The Hall–Kier alpha value is -0.150. The molecule has 2 saturated carbocycles. The van der Waals surface area contributed by atoms with Gasteiger partial charge in [-0.05, 0) is 25.0 Å². The van der Waals surface area contributed by atoms with E-state index in [1.807, 2.05) is 0 Å². The van der Waals surface area contributed by atoms with Crippen LogP contribution in [-0.4, -0.2) is 17.3 Å². The predicted octanol–water partition coefficient (Wildman–Crippen LogP) is 4.72. The van der Waals surface area contributed by atoms with E-state index in [9.17, 15) is 5.11 Å². The second-order valence-corrected chi connectivity index (χ2v) is 6.75. The van der Waals surface area contributed by atoms with Gasteiger partial charge in [0.15, 0.2) is 5.75 Å². The van der Waals surface area contributed by atoms with Gasteiger partial charge in [-0.15, -0.1) is 0 Å². The van der Waals surface area contributed by atoms with Crippen LogP contribution in [0.15, 0.2) is 12.1 Å². The first-order chi connectivity index (χ1) is 9.03. The smallest absolute Gasteiger partial charge is 0.157 e. The summed E-state index contributed by atoms with van der Waals surface area (Å²) in [5, 5.41) is 11.4. The zero-order chi connectivity index (χ0) is 13.6. The average molecular weight is 322 g/mol. The quantitative estimate of drug-likeness (QED) is 0.854. The van der Waals surface area contributed by atoms with Gasteiger partial charge in [0.2, 0.25) is 0 Å². The minimum Gasteiger partial charge on any atom is -0.487 e. The Morgan fingerprint density at radius 2 is 1.68 bits per heavy atom. The Morgan fingerprint density at radius 1 is 1.11 bits per heavy atom. The number of rotatable bonds is 2. The van der Waals surface area contributed by atoms with Crippen molar-refractivity contribution >= 4 is 34.8 Å². The van der Waals surface area contributed by atoms with Crippen molar-refractivity contribution in [3.05, 3.63) is 27.2 Å². The van der Waals surface area contributed by atoms with Crippen LogP contribution in [0.5, 0.6) is 5.75 Å². The van der Waals surface area contributed by atoms with Crippen molar-refractivity contribution < 1.29 is 9.84 Å². The van der Waals surface area contributed by atoms with Crippen molar-refractivity contribution in [2.24, 2.45) is 5.41 Å². The lowest BCUT2D eigenvalue weighted by molar-refractivity contribution is -0.151. The van der Waals surface area contributed by atoms with Gasteiger partial charge in [-0.2, -0.15) is 0 Å². The van der Waals surface area contributed by atoms with Crippen molar-refractivity contribution in [2.45, 2.75) is 44.3 Å². The SMILES string of the molecule is OC1CC(Oc2c(Cl)cc(Cl)cc2Cl)C12CCCC2. The zero-order valence-corrected chi connectivity index (χ0v) is 12.6. The molecule has 2 fully saturated rings. The molecule has 104 valence electrons. The van der Waals surface area contributed by atoms with Crippen LogP contribution in [0.3, 0.4) is 0 Å². The van der Waals surface area contributed by atoms with Gasteiger partial charge in [0.25, 0.3) is 0 Å². The molecular weight excluding hydrogens is 307 g/mol. The summed E-state index contributed by atoms with van der Waals surface area (Å²) >= 11 is 18.2. The molecule has 0 heterocycles. The fourth-order valence-corrected chi connectivity index (χ4v) is 4.27. The van der Waals surface area contributed by atoms with E-state index in [0.717, 1.165) is 25.7 Å². The topological polar surface area (TPSA) is 29.5 Å². The number of aliphatic hydroxyl groups excluding tert-OH is 1. The van der Waals surface area contributed by atoms with Crippen LogP contribution in [-0.2, 0) is 0 Å². The van der Waals surface area contributed by atoms with E-state index in [0.29, 0.717) is 27.2 Å². The highest BCUT2D eigenvalue weighted by Gasteiger charge is 2.57. The predicted molar refractivity (Wildman–Crippen MR) is 77.4 cm³/mol. The van der Waals surface area contributed by atoms with Crippen LogP contribution < -0.4 is 4.74 Å². The van der Waals surface area contributed by atoms with Crippen LogP contribution in [0.2, 0.25) is 15.1 Å².